The second-order valence-corrected chi connectivity index (χ2v) is 10.5. The molecule has 0 saturated carbocycles. The quantitative estimate of drug-likeness (QED) is 0.0774. The lowest BCUT2D eigenvalue weighted by atomic mass is 10.0. The van der Waals surface area contributed by atoms with Gasteiger partial charge in [0.15, 0.2) is 0 Å². The van der Waals surface area contributed by atoms with Gasteiger partial charge in [-0.2, -0.15) is 0 Å². The van der Waals surface area contributed by atoms with E-state index in [0.717, 1.165) is 30.5 Å². The summed E-state index contributed by atoms with van der Waals surface area (Å²) in [7, 11) is -4.14. The van der Waals surface area contributed by atoms with Crippen LogP contribution in [0.1, 0.15) is 103 Å². The fraction of sp³-hybridized carbons (Fsp3) is 0.840. The van der Waals surface area contributed by atoms with Crippen molar-refractivity contribution in [2.45, 2.75) is 103 Å². The van der Waals surface area contributed by atoms with E-state index in [9.17, 15) is 13.0 Å². The van der Waals surface area contributed by atoms with E-state index in [1.54, 1.807) is 0 Å². The van der Waals surface area contributed by atoms with Crippen LogP contribution in [0.15, 0.2) is 25.3 Å². The Labute approximate surface area is 188 Å². The molecule has 0 unspecified atom stereocenters. The average Bonchev–Trinajstić information content (AvgIpc) is 2.67. The Morgan fingerprint density at radius 1 is 0.667 bits per heavy atom. The maximum atomic E-state index is 10.9. The van der Waals surface area contributed by atoms with Gasteiger partial charge in [-0.15, -0.1) is 0 Å². The van der Waals surface area contributed by atoms with Gasteiger partial charge in [-0.05, 0) is 25.0 Å². The van der Waals surface area contributed by atoms with Crippen LogP contribution in [0.5, 0.6) is 0 Å². The van der Waals surface area contributed by atoms with Gasteiger partial charge in [0, 0.05) is 12.2 Å². The molecule has 0 heterocycles. The minimum absolute atomic E-state index is 0.278. The van der Waals surface area contributed by atoms with Crippen molar-refractivity contribution in [3.63, 3.8) is 0 Å². The predicted octanol–water partition coefficient (Wildman–Crippen LogP) is 6.59. The monoisotopic (exact) mass is 443 g/mol. The minimum atomic E-state index is -4.14. The molecule has 5 heteroatoms. The van der Waals surface area contributed by atoms with Crippen molar-refractivity contribution in [3.8, 4) is 0 Å². The van der Waals surface area contributed by atoms with Gasteiger partial charge >= 0.3 is 0 Å². The molecule has 178 valence electrons. The van der Waals surface area contributed by atoms with E-state index < -0.39 is 10.1 Å². The lowest BCUT2D eigenvalue weighted by Crippen LogP contribution is -2.50. The molecule has 0 atom stereocenters. The van der Waals surface area contributed by atoms with Crippen LogP contribution in [0.4, 0.5) is 0 Å². The van der Waals surface area contributed by atoms with Crippen LogP contribution in [0.3, 0.4) is 0 Å². The summed E-state index contributed by atoms with van der Waals surface area (Å²) in [5.74, 6) is -0.278. The van der Waals surface area contributed by atoms with Crippen molar-refractivity contribution < 1.29 is 17.5 Å². The van der Waals surface area contributed by atoms with Crippen LogP contribution in [-0.4, -0.2) is 49.4 Å². The molecule has 0 saturated heterocycles. The number of nitrogens with zero attached hydrogens (tertiary/aromatic N) is 1. The summed E-state index contributed by atoms with van der Waals surface area (Å²) in [6.45, 7) is 13.3. The summed E-state index contributed by atoms with van der Waals surface area (Å²) in [4.78, 5) is 0. The van der Waals surface area contributed by atoms with Gasteiger partial charge in [-0.1, -0.05) is 97.1 Å². The maximum absolute atomic E-state index is 10.9. The highest BCUT2D eigenvalue weighted by atomic mass is 32.2. The van der Waals surface area contributed by atoms with E-state index in [4.69, 9.17) is 0 Å². The highest BCUT2D eigenvalue weighted by Gasteiger charge is 2.23. The molecule has 0 aromatic carbocycles. The van der Waals surface area contributed by atoms with Gasteiger partial charge < -0.3 is 9.04 Å². The van der Waals surface area contributed by atoms with E-state index in [1.807, 2.05) is 12.2 Å². The molecule has 0 rings (SSSR count). The zero-order chi connectivity index (χ0) is 22.6. The van der Waals surface area contributed by atoms with Crippen molar-refractivity contribution >= 4 is 10.1 Å². The van der Waals surface area contributed by atoms with E-state index in [1.165, 1.54) is 83.5 Å². The maximum Gasteiger partial charge on any atom is 0.0973 e. The van der Waals surface area contributed by atoms with E-state index in [-0.39, 0.29) is 5.75 Å². The molecule has 0 aromatic rings. The number of rotatable bonds is 23. The molecule has 0 amide bonds. The number of quaternary nitrogens is 1. The van der Waals surface area contributed by atoms with Crippen LogP contribution >= 0.6 is 0 Å². The molecule has 0 fully saturated rings. The lowest BCUT2D eigenvalue weighted by molar-refractivity contribution is -0.917. The zero-order valence-corrected chi connectivity index (χ0v) is 20.6. The van der Waals surface area contributed by atoms with Crippen molar-refractivity contribution in [3.05, 3.63) is 25.3 Å². The second-order valence-electron chi connectivity index (χ2n) is 8.94. The van der Waals surface area contributed by atoms with Crippen molar-refractivity contribution in [1.29, 1.82) is 0 Å². The number of unbranched alkanes of at least 4 members (excludes halogenated alkanes) is 13. The average molecular weight is 444 g/mol. The fourth-order valence-electron chi connectivity index (χ4n) is 4.32. The fourth-order valence-corrected chi connectivity index (χ4v) is 4.80. The van der Waals surface area contributed by atoms with Crippen LogP contribution in [0, 0.1) is 0 Å². The Kier molecular flexibility index (Phi) is 18.7. The first kappa shape index (κ1) is 29.4. The summed E-state index contributed by atoms with van der Waals surface area (Å²) in [6.07, 6.45) is 23.0. The first-order chi connectivity index (χ1) is 14.4. The third kappa shape index (κ3) is 18.1. The molecule has 0 radical (unpaired) electrons. The Hall–Kier alpha value is -0.650. The highest BCUT2D eigenvalue weighted by Crippen LogP contribution is 2.16. The largest absolute Gasteiger partial charge is 0.748 e. The van der Waals surface area contributed by atoms with Crippen molar-refractivity contribution in [1.82, 2.24) is 0 Å². The van der Waals surface area contributed by atoms with E-state index >= 15 is 0 Å². The SMILES string of the molecule is C=CC[N+](CC=C)(CCCCCCCCCCCCCCCC)CCCS(=O)(=O)[O-]. The highest BCUT2D eigenvalue weighted by molar-refractivity contribution is 7.85. The Bertz CT molecular complexity index is 506. The summed E-state index contributed by atoms with van der Waals surface area (Å²) < 4.78 is 33.5. The summed E-state index contributed by atoms with van der Waals surface area (Å²) in [6, 6.07) is 0. The summed E-state index contributed by atoms with van der Waals surface area (Å²) >= 11 is 0. The molecule has 0 aliphatic heterocycles. The molecular formula is C25H49NO3S. The Morgan fingerprint density at radius 3 is 1.40 bits per heavy atom. The molecule has 30 heavy (non-hydrogen) atoms. The first-order valence-electron chi connectivity index (χ1n) is 12.4. The molecule has 0 N–H and O–H groups in total. The predicted molar refractivity (Wildman–Crippen MR) is 130 cm³/mol. The van der Waals surface area contributed by atoms with Gasteiger partial charge in [-0.3, -0.25) is 0 Å². The van der Waals surface area contributed by atoms with Crippen LogP contribution in [0.25, 0.3) is 0 Å². The van der Waals surface area contributed by atoms with Crippen LogP contribution < -0.4 is 0 Å². The van der Waals surface area contributed by atoms with E-state index in [2.05, 4.69) is 20.1 Å². The minimum Gasteiger partial charge on any atom is -0.748 e. The molecule has 0 bridgehead atoms. The third-order valence-electron chi connectivity index (χ3n) is 6.05. The molecule has 0 aromatic heterocycles. The number of hydrogen-bond acceptors (Lipinski definition) is 3. The second kappa shape index (κ2) is 19.1. The molecule has 0 aliphatic carbocycles. The van der Waals surface area contributed by atoms with Gasteiger partial charge in [0.2, 0.25) is 0 Å². The standard InChI is InChI=1S/C25H49NO3S/c1-4-7-8-9-10-11-12-13-14-15-16-17-18-19-23-26(21-5-2,22-6-3)24-20-25-30(27,28)29/h5-6H,2-4,7-25H2,1H3. The molecular weight excluding hydrogens is 394 g/mol. The molecule has 0 spiro atoms. The normalized spacial score (nSPS) is 12.2. The topological polar surface area (TPSA) is 57.2 Å². The number of hydrogen-bond donors (Lipinski definition) is 0. The van der Waals surface area contributed by atoms with Crippen LogP contribution in [-0.2, 0) is 10.1 Å². The summed E-state index contributed by atoms with van der Waals surface area (Å²) in [5.41, 5.74) is 0. The smallest absolute Gasteiger partial charge is 0.0973 e. The Morgan fingerprint density at radius 2 is 1.03 bits per heavy atom. The zero-order valence-electron chi connectivity index (χ0n) is 19.8. The molecule has 0 aliphatic rings. The van der Waals surface area contributed by atoms with Crippen molar-refractivity contribution in [2.75, 3.05) is 31.9 Å². The van der Waals surface area contributed by atoms with Crippen molar-refractivity contribution in [2.24, 2.45) is 0 Å². The van der Waals surface area contributed by atoms with Gasteiger partial charge in [0.05, 0.1) is 36.3 Å². The Balaban J connectivity index is 3.89. The van der Waals surface area contributed by atoms with E-state index in [0.29, 0.717) is 13.0 Å². The lowest BCUT2D eigenvalue weighted by Gasteiger charge is -2.37. The van der Waals surface area contributed by atoms with Gasteiger partial charge in [-0.25, -0.2) is 8.42 Å². The van der Waals surface area contributed by atoms with Gasteiger partial charge in [0.1, 0.15) is 0 Å². The third-order valence-corrected chi connectivity index (χ3v) is 6.83. The molecule has 4 nitrogen and oxygen atoms in total. The van der Waals surface area contributed by atoms with Crippen LogP contribution in [0.2, 0.25) is 0 Å². The first-order valence-corrected chi connectivity index (χ1v) is 14.0. The van der Waals surface area contributed by atoms with Gasteiger partial charge in [0.25, 0.3) is 0 Å². The summed E-state index contributed by atoms with van der Waals surface area (Å²) in [5, 5.41) is 0.